The van der Waals surface area contributed by atoms with Gasteiger partial charge < -0.3 is 16.0 Å². The van der Waals surface area contributed by atoms with Crippen LogP contribution in [0.2, 0.25) is 0 Å². The molecule has 2 aliphatic heterocycles. The molecule has 2 heterocycles. The lowest BCUT2D eigenvalue weighted by atomic mass is 9.97. The van der Waals surface area contributed by atoms with Crippen LogP contribution < -0.4 is 16.0 Å². The fraction of sp³-hybridized carbons (Fsp3) is 0.462. The van der Waals surface area contributed by atoms with E-state index in [-0.39, 0.29) is 23.2 Å². The Morgan fingerprint density at radius 3 is 2.75 bits per heavy atom. The molecule has 0 saturated carbocycles. The van der Waals surface area contributed by atoms with E-state index < -0.39 is 22.6 Å². The summed E-state index contributed by atoms with van der Waals surface area (Å²) in [5.74, 6) is -0.307. The van der Waals surface area contributed by atoms with E-state index in [1.165, 1.54) is 18.7 Å². The van der Waals surface area contributed by atoms with Crippen molar-refractivity contribution in [3.8, 4) is 0 Å². The molecule has 6 nitrogen and oxygen atoms in total. The molecule has 2 atom stereocenters. The van der Waals surface area contributed by atoms with Crippen LogP contribution in [-0.4, -0.2) is 40.8 Å². The molecule has 3 N–H and O–H groups in total. The second-order valence-corrected chi connectivity index (χ2v) is 11.0. The van der Waals surface area contributed by atoms with E-state index in [1.807, 2.05) is 6.07 Å². The highest BCUT2D eigenvalue weighted by Crippen LogP contribution is 2.50. The first-order valence-electron chi connectivity index (χ1n) is 12.0. The Labute approximate surface area is 213 Å². The number of thioether (sulfide) groups is 1. The van der Waals surface area contributed by atoms with E-state index in [2.05, 4.69) is 40.8 Å². The largest absolute Gasteiger partial charge is 0.416 e. The van der Waals surface area contributed by atoms with E-state index in [0.29, 0.717) is 11.6 Å². The Morgan fingerprint density at radius 2 is 2.06 bits per heavy atom. The number of anilines is 2. The van der Waals surface area contributed by atoms with Crippen molar-refractivity contribution in [3.63, 3.8) is 0 Å². The van der Waals surface area contributed by atoms with Crippen LogP contribution in [-0.2, 0) is 11.0 Å². The highest BCUT2D eigenvalue weighted by Gasteiger charge is 2.49. The molecule has 0 bridgehead atoms. The average molecular weight is 520 g/mol. The van der Waals surface area contributed by atoms with Crippen LogP contribution in [0.15, 0.2) is 41.3 Å². The summed E-state index contributed by atoms with van der Waals surface area (Å²) in [5, 5.41) is 9.13. The van der Waals surface area contributed by atoms with Gasteiger partial charge in [0.05, 0.1) is 22.9 Å². The highest BCUT2D eigenvalue weighted by molar-refractivity contribution is 8.01. The Morgan fingerprint density at radius 1 is 1.28 bits per heavy atom. The van der Waals surface area contributed by atoms with Crippen LogP contribution in [0.4, 0.5) is 24.5 Å². The predicted octanol–water partition coefficient (Wildman–Crippen LogP) is 5.58. The molecule has 2 aromatic carbocycles. The number of piperidine rings is 1. The van der Waals surface area contributed by atoms with Gasteiger partial charge >= 0.3 is 6.18 Å². The summed E-state index contributed by atoms with van der Waals surface area (Å²) in [7, 11) is 0. The zero-order valence-electron chi connectivity index (χ0n) is 20.5. The SMILES string of the molecule is CC(=O)NC1(C2CCCCN2CC(C)C)Nc2c(cccc2C(=O)Nc2[c]ccc(C(F)(F)F)c2)S1. The van der Waals surface area contributed by atoms with Crippen molar-refractivity contribution in [1.29, 1.82) is 0 Å². The van der Waals surface area contributed by atoms with Gasteiger partial charge in [0.15, 0.2) is 4.99 Å². The highest BCUT2D eigenvalue weighted by atomic mass is 32.2. The van der Waals surface area contributed by atoms with Gasteiger partial charge in [-0.3, -0.25) is 14.5 Å². The standard InChI is InChI=1S/C26H30F3N4O2S/c1-16(2)15-33-13-5-4-12-22(33)26(31-17(3)34)32-23-20(10-7-11-21(23)36-26)24(35)30-19-9-6-8-18(14-19)25(27,28)29/h6-8,10-11,14,16,22,32H,4-5,12-13,15H2,1-3H3,(H,30,35)(H,31,34). The maximum atomic E-state index is 13.2. The van der Waals surface area contributed by atoms with Crippen LogP contribution in [0.25, 0.3) is 0 Å². The fourth-order valence-electron chi connectivity index (χ4n) is 4.92. The molecule has 1 saturated heterocycles. The number of likely N-dealkylation sites (tertiary alicyclic amines) is 1. The molecular weight excluding hydrogens is 489 g/mol. The second kappa shape index (κ2) is 10.3. The number of hydrogen-bond donors (Lipinski definition) is 3. The number of benzene rings is 2. The van der Waals surface area contributed by atoms with Gasteiger partial charge in [0.1, 0.15) is 0 Å². The fourth-order valence-corrected chi connectivity index (χ4v) is 6.42. The van der Waals surface area contributed by atoms with E-state index >= 15 is 0 Å². The number of para-hydroxylation sites is 1. The van der Waals surface area contributed by atoms with Gasteiger partial charge in [-0.1, -0.05) is 44.2 Å². The number of fused-ring (bicyclic) bond motifs is 1. The first-order chi connectivity index (χ1) is 17.0. The van der Waals surface area contributed by atoms with Crippen molar-refractivity contribution in [1.82, 2.24) is 10.2 Å². The van der Waals surface area contributed by atoms with Gasteiger partial charge in [-0.2, -0.15) is 13.2 Å². The third-order valence-corrected chi connectivity index (χ3v) is 7.63. The summed E-state index contributed by atoms with van der Waals surface area (Å²) in [4.78, 5) is 27.9. The van der Waals surface area contributed by atoms with Crippen molar-refractivity contribution >= 4 is 35.0 Å². The third kappa shape index (κ3) is 5.64. The number of carbonyl (C=O) groups is 2. The second-order valence-electron chi connectivity index (χ2n) is 9.67. The molecule has 2 unspecified atom stereocenters. The summed E-state index contributed by atoms with van der Waals surface area (Å²) in [6, 6.07) is 10.8. The molecule has 10 heteroatoms. The van der Waals surface area contributed by atoms with Crippen molar-refractivity contribution in [2.24, 2.45) is 5.92 Å². The zero-order valence-corrected chi connectivity index (χ0v) is 21.3. The minimum absolute atomic E-state index is 0.0114. The smallest absolute Gasteiger partial charge is 0.351 e. The quantitative estimate of drug-likeness (QED) is 0.465. The molecule has 0 spiro atoms. The molecule has 0 aromatic heterocycles. The number of alkyl halides is 3. The van der Waals surface area contributed by atoms with Crippen LogP contribution in [0.5, 0.6) is 0 Å². The van der Waals surface area contributed by atoms with Crippen LogP contribution in [0, 0.1) is 12.0 Å². The van der Waals surface area contributed by atoms with Crippen LogP contribution >= 0.6 is 11.8 Å². The topological polar surface area (TPSA) is 73.5 Å². The van der Waals surface area contributed by atoms with Gasteiger partial charge in [0, 0.05) is 30.1 Å². The lowest BCUT2D eigenvalue weighted by Crippen LogP contribution is -2.64. The molecular formula is C26H30F3N4O2S. The van der Waals surface area contributed by atoms with E-state index in [4.69, 9.17) is 0 Å². The molecule has 0 aliphatic carbocycles. The van der Waals surface area contributed by atoms with Crippen molar-refractivity contribution in [3.05, 3.63) is 53.6 Å². The number of nitrogens with zero attached hydrogens (tertiary/aromatic N) is 1. The predicted molar refractivity (Wildman–Crippen MR) is 135 cm³/mol. The number of rotatable bonds is 6. The van der Waals surface area contributed by atoms with Gasteiger partial charge in [-0.05, 0) is 49.6 Å². The van der Waals surface area contributed by atoms with Gasteiger partial charge in [-0.25, -0.2) is 0 Å². The van der Waals surface area contributed by atoms with Crippen LogP contribution in [0.3, 0.4) is 0 Å². The molecule has 193 valence electrons. The normalized spacial score (nSPS) is 22.1. The molecule has 1 fully saturated rings. The molecule has 4 rings (SSSR count). The van der Waals surface area contributed by atoms with Gasteiger partial charge in [0.25, 0.3) is 5.91 Å². The van der Waals surface area contributed by atoms with Crippen LogP contribution in [0.1, 0.15) is 56.0 Å². The maximum absolute atomic E-state index is 13.2. The summed E-state index contributed by atoms with van der Waals surface area (Å²) < 4.78 is 39.3. The van der Waals surface area contributed by atoms with E-state index in [1.54, 1.807) is 12.1 Å². The Hall–Kier alpha value is -2.72. The maximum Gasteiger partial charge on any atom is 0.416 e. The first kappa shape index (κ1) is 26.3. The average Bonchev–Trinajstić information content (AvgIpc) is 3.17. The van der Waals surface area contributed by atoms with Gasteiger partial charge in [0.2, 0.25) is 5.91 Å². The molecule has 2 aliphatic rings. The lowest BCUT2D eigenvalue weighted by Gasteiger charge is -2.46. The number of hydrogen-bond acceptors (Lipinski definition) is 5. The number of carbonyl (C=O) groups excluding carboxylic acids is 2. The van der Waals surface area contributed by atoms with Crippen molar-refractivity contribution in [2.75, 3.05) is 23.7 Å². The Bertz CT molecular complexity index is 1140. The monoisotopic (exact) mass is 519 g/mol. The van der Waals surface area contributed by atoms with Crippen molar-refractivity contribution < 1.29 is 22.8 Å². The first-order valence-corrected chi connectivity index (χ1v) is 12.8. The van der Waals surface area contributed by atoms with Gasteiger partial charge in [-0.15, -0.1) is 0 Å². The minimum atomic E-state index is -4.53. The number of halogens is 3. The molecule has 36 heavy (non-hydrogen) atoms. The number of amides is 2. The minimum Gasteiger partial charge on any atom is -0.351 e. The molecule has 2 amide bonds. The summed E-state index contributed by atoms with van der Waals surface area (Å²) >= 11 is 1.47. The lowest BCUT2D eigenvalue weighted by molar-refractivity contribution is -0.137. The summed E-state index contributed by atoms with van der Waals surface area (Å²) in [6.07, 6.45) is -1.54. The summed E-state index contributed by atoms with van der Waals surface area (Å²) in [5.41, 5.74) is -0.0996. The third-order valence-electron chi connectivity index (χ3n) is 6.27. The van der Waals surface area contributed by atoms with Crippen molar-refractivity contribution in [2.45, 2.75) is 62.1 Å². The molecule has 2 aromatic rings. The summed E-state index contributed by atoms with van der Waals surface area (Å²) in [6.45, 7) is 7.59. The Balaban J connectivity index is 1.64. The number of nitrogens with one attached hydrogen (secondary N) is 3. The Kier molecular flexibility index (Phi) is 7.56. The van der Waals surface area contributed by atoms with E-state index in [9.17, 15) is 22.8 Å². The molecule has 1 radical (unpaired) electrons. The van der Waals surface area contributed by atoms with E-state index in [0.717, 1.165) is 55.4 Å². The zero-order chi connectivity index (χ0) is 26.1.